The van der Waals surface area contributed by atoms with Gasteiger partial charge in [-0.1, -0.05) is 0 Å². The fraction of sp³-hybridized carbons (Fsp3) is 0.909. The summed E-state index contributed by atoms with van der Waals surface area (Å²) in [6.07, 6.45) is 2.09. The van der Waals surface area contributed by atoms with Gasteiger partial charge in [0, 0.05) is 20.2 Å². The van der Waals surface area contributed by atoms with Gasteiger partial charge < -0.3 is 15.0 Å². The maximum Gasteiger partial charge on any atom is 0.227 e. The lowest BCUT2D eigenvalue weighted by Crippen LogP contribution is -2.37. The average Bonchev–Trinajstić information content (AvgIpc) is 2.88. The number of ether oxygens (including phenoxy) is 1. The Morgan fingerprint density at radius 1 is 1.53 bits per heavy atom. The Hall–Kier alpha value is -0.610. The summed E-state index contributed by atoms with van der Waals surface area (Å²) in [7, 11) is 1.92. The molecule has 0 aromatic rings. The molecule has 0 aromatic heterocycles. The van der Waals surface area contributed by atoms with Gasteiger partial charge >= 0.3 is 0 Å². The van der Waals surface area contributed by atoms with Crippen molar-refractivity contribution in [2.75, 3.05) is 39.9 Å². The minimum absolute atomic E-state index is 0.115. The molecular weight excluding hydrogens is 192 g/mol. The van der Waals surface area contributed by atoms with E-state index < -0.39 is 0 Å². The molecule has 2 atom stereocenters. The van der Waals surface area contributed by atoms with Crippen molar-refractivity contribution >= 4 is 5.91 Å². The van der Waals surface area contributed by atoms with Crippen LogP contribution < -0.4 is 5.32 Å². The van der Waals surface area contributed by atoms with E-state index in [2.05, 4.69) is 5.32 Å². The molecule has 0 spiro atoms. The minimum Gasteiger partial charge on any atom is -0.381 e. The fourth-order valence-electron chi connectivity index (χ4n) is 2.39. The molecule has 0 radical (unpaired) electrons. The van der Waals surface area contributed by atoms with Crippen LogP contribution in [0.5, 0.6) is 0 Å². The summed E-state index contributed by atoms with van der Waals surface area (Å²) in [4.78, 5) is 13.8. The second-order valence-electron chi connectivity index (χ2n) is 4.64. The lowest BCUT2D eigenvalue weighted by Gasteiger charge is -2.23. The van der Waals surface area contributed by atoms with E-state index in [1.807, 2.05) is 11.9 Å². The highest BCUT2D eigenvalue weighted by molar-refractivity contribution is 5.78. The number of carbonyl (C=O) groups excluding carboxylic acids is 1. The van der Waals surface area contributed by atoms with E-state index in [1.165, 1.54) is 6.42 Å². The highest BCUT2D eigenvalue weighted by Gasteiger charge is 2.27. The Kier molecular flexibility index (Phi) is 3.59. The molecule has 4 heteroatoms. The van der Waals surface area contributed by atoms with Crippen LogP contribution in [0.4, 0.5) is 0 Å². The van der Waals surface area contributed by atoms with Crippen LogP contribution in [0.2, 0.25) is 0 Å². The number of carbonyl (C=O) groups is 1. The van der Waals surface area contributed by atoms with E-state index in [4.69, 9.17) is 4.74 Å². The Bertz CT molecular complexity index is 221. The van der Waals surface area contributed by atoms with E-state index in [0.717, 1.165) is 32.7 Å². The predicted molar refractivity (Wildman–Crippen MR) is 57.5 cm³/mol. The number of hydrogen-bond donors (Lipinski definition) is 1. The van der Waals surface area contributed by atoms with Crippen LogP contribution >= 0.6 is 0 Å². The summed E-state index contributed by atoms with van der Waals surface area (Å²) in [5.41, 5.74) is 0. The molecule has 1 N–H and O–H groups in total. The monoisotopic (exact) mass is 212 g/mol. The van der Waals surface area contributed by atoms with Crippen molar-refractivity contribution in [1.82, 2.24) is 10.2 Å². The van der Waals surface area contributed by atoms with E-state index in [0.29, 0.717) is 12.5 Å². The second kappa shape index (κ2) is 4.94. The van der Waals surface area contributed by atoms with Crippen molar-refractivity contribution in [2.24, 2.45) is 11.8 Å². The van der Waals surface area contributed by atoms with Crippen molar-refractivity contribution in [1.29, 1.82) is 0 Å². The lowest BCUT2D eigenvalue weighted by molar-refractivity contribution is -0.134. The molecule has 2 aliphatic rings. The number of nitrogens with one attached hydrogen (secondary N) is 1. The van der Waals surface area contributed by atoms with Crippen LogP contribution in [0.1, 0.15) is 12.8 Å². The van der Waals surface area contributed by atoms with Gasteiger partial charge in [-0.2, -0.15) is 0 Å². The van der Waals surface area contributed by atoms with Crippen molar-refractivity contribution < 1.29 is 9.53 Å². The van der Waals surface area contributed by atoms with Gasteiger partial charge in [-0.25, -0.2) is 0 Å². The van der Waals surface area contributed by atoms with Crippen LogP contribution in [0.25, 0.3) is 0 Å². The van der Waals surface area contributed by atoms with Gasteiger partial charge in [0.05, 0.1) is 12.5 Å². The number of nitrogens with zero attached hydrogens (tertiary/aromatic N) is 1. The molecule has 2 saturated heterocycles. The van der Waals surface area contributed by atoms with Crippen molar-refractivity contribution in [3.63, 3.8) is 0 Å². The molecule has 0 saturated carbocycles. The summed E-state index contributed by atoms with van der Waals surface area (Å²) in [5.74, 6) is 1.02. The number of amides is 1. The first-order valence-electron chi connectivity index (χ1n) is 5.81. The number of rotatable bonds is 3. The summed E-state index contributed by atoms with van der Waals surface area (Å²) in [6, 6.07) is 0. The van der Waals surface area contributed by atoms with Gasteiger partial charge in [0.1, 0.15) is 0 Å². The molecule has 0 bridgehead atoms. The molecule has 2 rings (SSSR count). The molecule has 2 aliphatic heterocycles. The smallest absolute Gasteiger partial charge is 0.227 e. The zero-order chi connectivity index (χ0) is 10.7. The first-order valence-corrected chi connectivity index (χ1v) is 5.81. The third-order valence-electron chi connectivity index (χ3n) is 3.35. The van der Waals surface area contributed by atoms with E-state index in [-0.39, 0.29) is 11.8 Å². The average molecular weight is 212 g/mol. The van der Waals surface area contributed by atoms with Gasteiger partial charge in [-0.15, -0.1) is 0 Å². The largest absolute Gasteiger partial charge is 0.381 e. The van der Waals surface area contributed by atoms with Gasteiger partial charge in [0.2, 0.25) is 5.91 Å². The maximum atomic E-state index is 12.0. The van der Waals surface area contributed by atoms with Gasteiger partial charge in [-0.05, 0) is 31.8 Å². The zero-order valence-electron chi connectivity index (χ0n) is 9.37. The highest BCUT2D eigenvalue weighted by Crippen LogP contribution is 2.16. The molecule has 2 fully saturated rings. The standard InChI is InChI=1S/C11H20N2O2/c1-13(7-9-2-4-12-6-9)11(14)10-3-5-15-8-10/h9-10,12H,2-8H2,1H3. The summed E-state index contributed by atoms with van der Waals surface area (Å²) in [6.45, 7) is 4.40. The molecule has 4 nitrogen and oxygen atoms in total. The Balaban J connectivity index is 1.78. The highest BCUT2D eigenvalue weighted by atomic mass is 16.5. The molecule has 15 heavy (non-hydrogen) atoms. The molecule has 0 aromatic carbocycles. The zero-order valence-corrected chi connectivity index (χ0v) is 9.37. The third kappa shape index (κ3) is 2.69. The molecule has 2 heterocycles. The minimum atomic E-state index is 0.115. The fourth-order valence-corrected chi connectivity index (χ4v) is 2.39. The molecule has 1 amide bonds. The van der Waals surface area contributed by atoms with Gasteiger partial charge in [0.25, 0.3) is 0 Å². The van der Waals surface area contributed by atoms with Crippen LogP contribution in [-0.2, 0) is 9.53 Å². The molecule has 86 valence electrons. The SMILES string of the molecule is CN(CC1CCNC1)C(=O)C1CCOC1. The molecule has 0 aliphatic carbocycles. The summed E-state index contributed by atoms with van der Waals surface area (Å²) < 4.78 is 5.24. The van der Waals surface area contributed by atoms with Crippen LogP contribution in [0, 0.1) is 11.8 Å². The van der Waals surface area contributed by atoms with Gasteiger partial charge in [0.15, 0.2) is 0 Å². The van der Waals surface area contributed by atoms with Crippen molar-refractivity contribution in [3.8, 4) is 0 Å². The normalized spacial score (nSPS) is 30.7. The maximum absolute atomic E-state index is 12.0. The lowest BCUT2D eigenvalue weighted by atomic mass is 10.1. The Labute approximate surface area is 91.0 Å². The van der Waals surface area contributed by atoms with Crippen molar-refractivity contribution in [3.05, 3.63) is 0 Å². The third-order valence-corrected chi connectivity index (χ3v) is 3.35. The Morgan fingerprint density at radius 3 is 3.00 bits per heavy atom. The molecular formula is C11H20N2O2. The van der Waals surface area contributed by atoms with Crippen molar-refractivity contribution in [2.45, 2.75) is 12.8 Å². The Morgan fingerprint density at radius 2 is 2.40 bits per heavy atom. The predicted octanol–water partition coefficient (Wildman–Crippen LogP) is 0.0908. The quantitative estimate of drug-likeness (QED) is 0.721. The van der Waals surface area contributed by atoms with Crippen LogP contribution in [0.3, 0.4) is 0 Å². The second-order valence-corrected chi connectivity index (χ2v) is 4.64. The van der Waals surface area contributed by atoms with E-state index in [9.17, 15) is 4.79 Å². The van der Waals surface area contributed by atoms with E-state index in [1.54, 1.807) is 0 Å². The van der Waals surface area contributed by atoms with Gasteiger partial charge in [-0.3, -0.25) is 4.79 Å². The number of hydrogen-bond acceptors (Lipinski definition) is 3. The van der Waals surface area contributed by atoms with Crippen LogP contribution in [-0.4, -0.2) is 50.7 Å². The summed E-state index contributed by atoms with van der Waals surface area (Å²) in [5, 5.41) is 3.32. The summed E-state index contributed by atoms with van der Waals surface area (Å²) >= 11 is 0. The topological polar surface area (TPSA) is 41.6 Å². The molecule has 2 unspecified atom stereocenters. The van der Waals surface area contributed by atoms with E-state index >= 15 is 0 Å². The van der Waals surface area contributed by atoms with Crippen LogP contribution in [0.15, 0.2) is 0 Å². The first-order chi connectivity index (χ1) is 7.27. The first kappa shape index (κ1) is 10.9.